The number of para-hydroxylation sites is 1. The Bertz CT molecular complexity index is 758. The van der Waals surface area contributed by atoms with Crippen molar-refractivity contribution in [2.75, 3.05) is 0 Å². The summed E-state index contributed by atoms with van der Waals surface area (Å²) < 4.78 is 3.47. The molecule has 0 aliphatic carbocycles. The normalized spacial score (nSPS) is 11.0. The number of nitro benzene ring substituents is 1. The Morgan fingerprint density at radius 1 is 1.37 bits per heavy atom. The number of rotatable bonds is 3. The summed E-state index contributed by atoms with van der Waals surface area (Å²) in [5, 5.41) is 15.9. The van der Waals surface area contributed by atoms with Crippen molar-refractivity contribution in [3.8, 4) is 0 Å². The van der Waals surface area contributed by atoms with Crippen LogP contribution in [-0.4, -0.2) is 24.3 Å². The largest absolute Gasteiger partial charge is 0.334 e. The Morgan fingerprint density at radius 2 is 2.21 bits per heavy atom. The molecule has 0 saturated carbocycles. The Balaban J connectivity index is 2.14. The van der Waals surface area contributed by atoms with Gasteiger partial charge in [0.1, 0.15) is 17.7 Å². The fourth-order valence-electron chi connectivity index (χ4n) is 2.14. The van der Waals surface area contributed by atoms with Crippen molar-refractivity contribution in [1.29, 1.82) is 0 Å². The second-order valence-corrected chi connectivity index (χ2v) is 4.22. The molecule has 0 spiro atoms. The monoisotopic (exact) mass is 257 g/mol. The van der Waals surface area contributed by atoms with Gasteiger partial charge in [-0.2, -0.15) is 5.10 Å². The average Bonchev–Trinajstić information content (AvgIpc) is 2.97. The van der Waals surface area contributed by atoms with Crippen LogP contribution in [0.4, 0.5) is 5.69 Å². The molecule has 0 saturated heterocycles. The van der Waals surface area contributed by atoms with E-state index in [4.69, 9.17) is 0 Å². The lowest BCUT2D eigenvalue weighted by Crippen LogP contribution is -2.06. The minimum absolute atomic E-state index is 0.102. The molecule has 1 aromatic carbocycles. The lowest BCUT2D eigenvalue weighted by molar-refractivity contribution is -0.383. The zero-order valence-electron chi connectivity index (χ0n) is 10.2. The number of fused-ring (bicyclic) bond motifs is 1. The minimum Gasteiger partial charge on any atom is -0.334 e. The third-order valence-electron chi connectivity index (χ3n) is 3.08. The molecule has 0 atom stereocenters. The highest BCUT2D eigenvalue weighted by Crippen LogP contribution is 2.26. The lowest BCUT2D eigenvalue weighted by atomic mass is 10.2. The van der Waals surface area contributed by atoms with Crippen LogP contribution in [0.15, 0.2) is 36.8 Å². The summed E-state index contributed by atoms with van der Waals surface area (Å²) in [7, 11) is 1.79. The van der Waals surface area contributed by atoms with E-state index in [1.54, 1.807) is 17.8 Å². The fraction of sp³-hybridized carbons (Fsp3) is 0.167. The van der Waals surface area contributed by atoms with Gasteiger partial charge in [0, 0.05) is 24.7 Å². The summed E-state index contributed by atoms with van der Waals surface area (Å²) >= 11 is 0. The number of aromatic nitrogens is 4. The Labute approximate surface area is 108 Å². The van der Waals surface area contributed by atoms with Crippen LogP contribution in [0.25, 0.3) is 10.9 Å². The molecule has 96 valence electrons. The van der Waals surface area contributed by atoms with Crippen molar-refractivity contribution in [2.45, 2.75) is 6.54 Å². The number of hydrogen-bond acceptors (Lipinski definition) is 4. The maximum atomic E-state index is 11.1. The van der Waals surface area contributed by atoms with E-state index >= 15 is 0 Å². The number of nitro groups is 1. The first kappa shape index (κ1) is 11.4. The third-order valence-corrected chi connectivity index (χ3v) is 3.08. The molecule has 3 aromatic rings. The van der Waals surface area contributed by atoms with Crippen LogP contribution < -0.4 is 0 Å². The molecule has 0 aliphatic rings. The molecule has 2 heterocycles. The molecule has 0 fully saturated rings. The maximum absolute atomic E-state index is 11.1. The van der Waals surface area contributed by atoms with E-state index in [0.29, 0.717) is 12.1 Å². The predicted octanol–water partition coefficient (Wildman–Crippen LogP) is 1.73. The van der Waals surface area contributed by atoms with Crippen LogP contribution in [-0.2, 0) is 13.6 Å². The van der Waals surface area contributed by atoms with Gasteiger partial charge in [0.2, 0.25) is 0 Å². The van der Waals surface area contributed by atoms with Gasteiger partial charge < -0.3 is 4.57 Å². The Morgan fingerprint density at radius 3 is 2.89 bits per heavy atom. The summed E-state index contributed by atoms with van der Waals surface area (Å²) in [4.78, 5) is 14.9. The van der Waals surface area contributed by atoms with Gasteiger partial charge in [-0.3, -0.25) is 14.8 Å². The van der Waals surface area contributed by atoms with Gasteiger partial charge in [-0.05, 0) is 6.07 Å². The van der Waals surface area contributed by atoms with E-state index in [1.165, 1.54) is 12.4 Å². The van der Waals surface area contributed by atoms with Crippen LogP contribution in [0.3, 0.4) is 0 Å². The molecule has 0 bridgehead atoms. The van der Waals surface area contributed by atoms with Gasteiger partial charge >= 0.3 is 0 Å². The van der Waals surface area contributed by atoms with E-state index in [2.05, 4.69) is 10.1 Å². The standard InChI is InChI=1S/C12H11N5O2/c1-15-11(13-8-14-15)7-16-6-5-9-3-2-4-10(12(9)16)17(18)19/h2-6,8H,7H2,1H3. The van der Waals surface area contributed by atoms with Crippen LogP contribution >= 0.6 is 0 Å². The van der Waals surface area contributed by atoms with E-state index in [9.17, 15) is 10.1 Å². The van der Waals surface area contributed by atoms with E-state index in [-0.39, 0.29) is 10.6 Å². The van der Waals surface area contributed by atoms with Gasteiger partial charge in [-0.1, -0.05) is 12.1 Å². The fourth-order valence-corrected chi connectivity index (χ4v) is 2.14. The van der Waals surface area contributed by atoms with Crippen molar-refractivity contribution >= 4 is 16.6 Å². The molecule has 7 nitrogen and oxygen atoms in total. The van der Waals surface area contributed by atoms with E-state index < -0.39 is 0 Å². The lowest BCUT2D eigenvalue weighted by Gasteiger charge is -2.05. The molecule has 2 aromatic heterocycles. The quantitative estimate of drug-likeness (QED) is 0.528. The first-order chi connectivity index (χ1) is 9.16. The molecule has 0 aliphatic heterocycles. The summed E-state index contributed by atoms with van der Waals surface area (Å²) in [5.41, 5.74) is 0.708. The average molecular weight is 257 g/mol. The van der Waals surface area contributed by atoms with Crippen molar-refractivity contribution < 1.29 is 4.92 Å². The molecule has 0 unspecified atom stereocenters. The zero-order chi connectivity index (χ0) is 13.4. The molecule has 3 rings (SSSR count). The number of nitrogens with zero attached hydrogens (tertiary/aromatic N) is 5. The molecule has 7 heteroatoms. The second-order valence-electron chi connectivity index (χ2n) is 4.22. The van der Waals surface area contributed by atoms with E-state index in [1.807, 2.05) is 22.9 Å². The van der Waals surface area contributed by atoms with Gasteiger partial charge in [0.15, 0.2) is 0 Å². The predicted molar refractivity (Wildman–Crippen MR) is 68.7 cm³/mol. The SMILES string of the molecule is Cn1ncnc1Cn1ccc2cccc([N+](=O)[O-])c21. The van der Waals surface area contributed by atoms with Gasteiger partial charge in [-0.15, -0.1) is 0 Å². The highest BCUT2D eigenvalue weighted by molar-refractivity contribution is 5.88. The van der Waals surface area contributed by atoms with Crippen molar-refractivity contribution in [1.82, 2.24) is 19.3 Å². The molecular formula is C12H11N5O2. The number of hydrogen-bond donors (Lipinski definition) is 0. The smallest absolute Gasteiger partial charge is 0.293 e. The van der Waals surface area contributed by atoms with Crippen LogP contribution in [0.5, 0.6) is 0 Å². The van der Waals surface area contributed by atoms with E-state index in [0.717, 1.165) is 11.2 Å². The van der Waals surface area contributed by atoms with Crippen LogP contribution in [0, 0.1) is 10.1 Å². The maximum Gasteiger partial charge on any atom is 0.293 e. The van der Waals surface area contributed by atoms with Gasteiger partial charge in [-0.25, -0.2) is 4.98 Å². The number of benzene rings is 1. The molecule has 0 N–H and O–H groups in total. The number of non-ortho nitro benzene ring substituents is 1. The summed E-state index contributed by atoms with van der Waals surface area (Å²) in [6, 6.07) is 6.91. The number of aryl methyl sites for hydroxylation is 1. The summed E-state index contributed by atoms with van der Waals surface area (Å²) in [5.74, 6) is 0.746. The molecule has 0 radical (unpaired) electrons. The Kier molecular flexibility index (Phi) is 2.52. The topological polar surface area (TPSA) is 78.8 Å². The first-order valence-corrected chi connectivity index (χ1v) is 5.72. The van der Waals surface area contributed by atoms with Gasteiger partial charge in [0.05, 0.1) is 11.5 Å². The first-order valence-electron chi connectivity index (χ1n) is 5.72. The molecule has 0 amide bonds. The summed E-state index contributed by atoms with van der Waals surface area (Å²) in [6.45, 7) is 0.449. The molecular weight excluding hydrogens is 246 g/mol. The van der Waals surface area contributed by atoms with Crippen molar-refractivity contribution in [2.24, 2.45) is 7.05 Å². The Hall–Kier alpha value is -2.70. The highest BCUT2D eigenvalue weighted by Gasteiger charge is 2.16. The van der Waals surface area contributed by atoms with Crippen molar-refractivity contribution in [3.63, 3.8) is 0 Å². The van der Waals surface area contributed by atoms with Crippen molar-refractivity contribution in [3.05, 3.63) is 52.7 Å². The third kappa shape index (κ3) is 1.85. The second kappa shape index (κ2) is 4.20. The van der Waals surface area contributed by atoms with Crippen LogP contribution in [0.2, 0.25) is 0 Å². The van der Waals surface area contributed by atoms with Gasteiger partial charge in [0.25, 0.3) is 5.69 Å². The minimum atomic E-state index is -0.366. The highest BCUT2D eigenvalue weighted by atomic mass is 16.6. The molecule has 19 heavy (non-hydrogen) atoms. The zero-order valence-corrected chi connectivity index (χ0v) is 10.2. The van der Waals surface area contributed by atoms with Crippen LogP contribution in [0.1, 0.15) is 5.82 Å². The summed E-state index contributed by atoms with van der Waals surface area (Å²) in [6.07, 6.45) is 3.29.